The molecule has 1 aliphatic heterocycles. The second-order valence-electron chi connectivity index (χ2n) is 9.45. The van der Waals surface area contributed by atoms with Crippen LogP contribution in [0, 0.1) is 6.92 Å². The van der Waals surface area contributed by atoms with Crippen molar-refractivity contribution in [2.24, 2.45) is 4.99 Å². The van der Waals surface area contributed by atoms with Crippen LogP contribution in [0.4, 0.5) is 5.69 Å². The number of benzene rings is 1. The Kier molecular flexibility index (Phi) is 7.89. The number of Topliss-reactive ketones (excluding diaryl/α,β-unsaturated/α-hetero) is 1. The van der Waals surface area contributed by atoms with Crippen LogP contribution in [0.1, 0.15) is 59.2 Å². The number of H-pyrrole nitrogens is 1. The molecule has 190 valence electrons. The molecule has 1 unspecified atom stereocenters. The number of allylic oxidation sites excluding steroid dienone is 2. The summed E-state index contributed by atoms with van der Waals surface area (Å²) in [4.78, 5) is 37.9. The normalized spacial score (nSPS) is 14.2. The average molecular weight is 512 g/mol. The molecule has 3 heterocycles. The number of aromatic amines is 1. The highest BCUT2D eigenvalue weighted by Crippen LogP contribution is 2.41. The van der Waals surface area contributed by atoms with E-state index in [4.69, 9.17) is 4.99 Å². The number of para-hydroxylation sites is 1. The van der Waals surface area contributed by atoms with Crippen molar-refractivity contribution in [2.45, 2.75) is 46.6 Å². The molecule has 6 heteroatoms. The van der Waals surface area contributed by atoms with Gasteiger partial charge in [0.1, 0.15) is 6.04 Å². The van der Waals surface area contributed by atoms with E-state index in [-0.39, 0.29) is 11.7 Å². The van der Waals surface area contributed by atoms with Gasteiger partial charge >= 0.3 is 0 Å². The second-order valence-corrected chi connectivity index (χ2v) is 10.5. The van der Waals surface area contributed by atoms with E-state index in [0.29, 0.717) is 19.4 Å². The van der Waals surface area contributed by atoms with Crippen molar-refractivity contribution < 1.29 is 9.59 Å². The fourth-order valence-corrected chi connectivity index (χ4v) is 5.77. The number of fused-ring (bicyclic) bond motifs is 3. The molecule has 1 aliphatic rings. The van der Waals surface area contributed by atoms with Gasteiger partial charge in [0.2, 0.25) is 0 Å². The van der Waals surface area contributed by atoms with Crippen LogP contribution in [0.15, 0.2) is 72.4 Å². The minimum absolute atomic E-state index is 0.0556. The van der Waals surface area contributed by atoms with Crippen molar-refractivity contribution in [3.63, 3.8) is 0 Å². The molecule has 1 N–H and O–H groups in total. The van der Waals surface area contributed by atoms with Gasteiger partial charge in [-0.3, -0.25) is 14.6 Å². The van der Waals surface area contributed by atoms with Crippen LogP contribution < -0.4 is 4.90 Å². The number of carbonyl (C=O) groups excluding carboxylic acids is 2. The predicted molar refractivity (Wildman–Crippen MR) is 156 cm³/mol. The highest BCUT2D eigenvalue weighted by atomic mass is 32.1. The maximum Gasteiger partial charge on any atom is 0.252 e. The van der Waals surface area contributed by atoms with Crippen molar-refractivity contribution in [1.29, 1.82) is 0 Å². The van der Waals surface area contributed by atoms with E-state index in [1.807, 2.05) is 74.4 Å². The Morgan fingerprint density at radius 2 is 2.00 bits per heavy atom. The molecule has 1 aromatic carbocycles. The molecule has 1 atom stereocenters. The maximum atomic E-state index is 14.0. The van der Waals surface area contributed by atoms with Crippen molar-refractivity contribution in [3.8, 4) is 10.4 Å². The molecule has 37 heavy (non-hydrogen) atoms. The van der Waals surface area contributed by atoms with Gasteiger partial charge < -0.3 is 9.88 Å². The second kappa shape index (κ2) is 11.1. The molecule has 1 amide bonds. The molecular formula is C31H33N3O2S. The maximum absolute atomic E-state index is 14.0. The van der Waals surface area contributed by atoms with Crippen LogP contribution in [-0.4, -0.2) is 35.0 Å². The molecule has 0 saturated heterocycles. The van der Waals surface area contributed by atoms with E-state index < -0.39 is 6.04 Å². The zero-order valence-electron chi connectivity index (χ0n) is 21.9. The van der Waals surface area contributed by atoms with Gasteiger partial charge in [0.15, 0.2) is 5.78 Å². The smallest absolute Gasteiger partial charge is 0.252 e. The largest absolute Gasteiger partial charge is 0.364 e. The lowest BCUT2D eigenvalue weighted by atomic mass is 10.0. The third-order valence-electron chi connectivity index (χ3n) is 6.54. The van der Waals surface area contributed by atoms with E-state index >= 15 is 0 Å². The Balaban J connectivity index is 1.71. The van der Waals surface area contributed by atoms with Crippen LogP contribution in [0.2, 0.25) is 0 Å². The summed E-state index contributed by atoms with van der Waals surface area (Å²) in [6.45, 7) is 15.9. The monoisotopic (exact) mass is 511 g/mol. The lowest BCUT2D eigenvalue weighted by Gasteiger charge is -2.26. The first kappa shape index (κ1) is 26.3. The molecule has 5 nitrogen and oxygen atoms in total. The first-order valence-corrected chi connectivity index (χ1v) is 13.2. The van der Waals surface area contributed by atoms with E-state index in [1.165, 1.54) is 11.3 Å². The first-order chi connectivity index (χ1) is 17.7. The molecule has 0 spiro atoms. The lowest BCUT2D eigenvalue weighted by Crippen LogP contribution is -2.40. The number of amides is 1. The summed E-state index contributed by atoms with van der Waals surface area (Å²) in [5.41, 5.74) is 7.73. The fourth-order valence-electron chi connectivity index (χ4n) is 4.63. The van der Waals surface area contributed by atoms with E-state index in [0.717, 1.165) is 54.7 Å². The van der Waals surface area contributed by atoms with Crippen LogP contribution in [0.3, 0.4) is 0 Å². The number of aryl methyl sites for hydroxylation is 1. The number of hydrogen-bond donors (Lipinski definition) is 1. The zero-order chi connectivity index (χ0) is 26.7. The minimum Gasteiger partial charge on any atom is -0.364 e. The fraction of sp³-hybridized carbons (Fsp3) is 0.258. The summed E-state index contributed by atoms with van der Waals surface area (Å²) in [7, 11) is 0. The third-order valence-corrected chi connectivity index (χ3v) is 7.85. The van der Waals surface area contributed by atoms with Crippen molar-refractivity contribution >= 4 is 40.5 Å². The Bertz CT molecular complexity index is 1440. The molecule has 0 fully saturated rings. The molecule has 4 rings (SSSR count). The summed E-state index contributed by atoms with van der Waals surface area (Å²) in [5.74, 6) is 0.0109. The summed E-state index contributed by atoms with van der Waals surface area (Å²) in [5, 5.41) is 0. The number of anilines is 1. The van der Waals surface area contributed by atoms with Gasteiger partial charge in [0.25, 0.3) is 5.91 Å². The molecular weight excluding hydrogens is 478 g/mol. The van der Waals surface area contributed by atoms with Gasteiger partial charge in [0, 0.05) is 45.7 Å². The number of thiophene rings is 1. The van der Waals surface area contributed by atoms with E-state index in [2.05, 4.69) is 18.1 Å². The highest BCUT2D eigenvalue weighted by Gasteiger charge is 2.30. The number of aromatic nitrogens is 1. The molecule has 2 aromatic heterocycles. The van der Waals surface area contributed by atoms with Crippen LogP contribution >= 0.6 is 11.3 Å². The highest BCUT2D eigenvalue weighted by molar-refractivity contribution is 7.17. The zero-order valence-corrected chi connectivity index (χ0v) is 22.7. The Morgan fingerprint density at radius 3 is 2.70 bits per heavy atom. The number of hydrogen-bond acceptors (Lipinski definition) is 4. The summed E-state index contributed by atoms with van der Waals surface area (Å²) in [6.07, 6.45) is 8.81. The standard InChI is InChI=1S/C31H33N3O2S/c1-7-10-27(33-21(5)26-18-32-20(4)24(26)14-13-19(2)3)31(36)34-16-15-23-17-29(22(6)35)37-30(23)25-11-8-9-12-28(25)34/h7-9,11-14,17-18,27,32H,1-2,10,15-16H2,3-6H3/b14-13-,33-21+. The van der Waals surface area contributed by atoms with Crippen molar-refractivity contribution in [1.82, 2.24) is 4.98 Å². The lowest BCUT2D eigenvalue weighted by molar-refractivity contribution is -0.119. The third kappa shape index (κ3) is 5.49. The van der Waals surface area contributed by atoms with Crippen molar-refractivity contribution in [2.75, 3.05) is 11.4 Å². The van der Waals surface area contributed by atoms with E-state index in [9.17, 15) is 9.59 Å². The summed E-state index contributed by atoms with van der Waals surface area (Å²) >= 11 is 1.50. The number of ketones is 1. The molecule has 0 bridgehead atoms. The van der Waals surface area contributed by atoms with Gasteiger partial charge in [-0.15, -0.1) is 17.9 Å². The number of nitrogens with zero attached hydrogens (tertiary/aromatic N) is 2. The number of carbonyl (C=O) groups is 2. The van der Waals surface area contributed by atoms with Crippen LogP contribution in [0.5, 0.6) is 0 Å². The van der Waals surface area contributed by atoms with Crippen molar-refractivity contribution in [3.05, 3.63) is 94.7 Å². The Labute approximate surface area is 223 Å². The average Bonchev–Trinajstić information content (AvgIpc) is 3.42. The minimum atomic E-state index is -0.595. The topological polar surface area (TPSA) is 65.5 Å². The first-order valence-electron chi connectivity index (χ1n) is 12.4. The number of nitrogens with one attached hydrogen (secondary N) is 1. The van der Waals surface area contributed by atoms with Gasteiger partial charge in [-0.1, -0.05) is 48.6 Å². The molecule has 3 aromatic rings. The number of aliphatic imine (C=N–C) groups is 1. The quantitative estimate of drug-likeness (QED) is 0.151. The SMILES string of the molecule is C=CCC(/N=C(\C)c1c[nH]c(C)c1/C=C\C(=C)C)C(=O)N1CCc2cc(C(C)=O)sc2-c2ccccc21. The van der Waals surface area contributed by atoms with E-state index in [1.54, 1.807) is 13.0 Å². The molecule has 0 saturated carbocycles. The summed E-state index contributed by atoms with van der Waals surface area (Å²) < 4.78 is 0. The number of rotatable bonds is 8. The van der Waals surface area contributed by atoms with Crippen LogP contribution in [0.25, 0.3) is 16.5 Å². The van der Waals surface area contributed by atoms with Gasteiger partial charge in [-0.25, -0.2) is 0 Å². The summed E-state index contributed by atoms with van der Waals surface area (Å²) in [6, 6.07) is 9.31. The van der Waals surface area contributed by atoms with Gasteiger partial charge in [-0.2, -0.15) is 0 Å². The Morgan fingerprint density at radius 1 is 1.24 bits per heavy atom. The van der Waals surface area contributed by atoms with Crippen LogP contribution in [-0.2, 0) is 11.2 Å². The molecule has 0 radical (unpaired) electrons. The predicted octanol–water partition coefficient (Wildman–Crippen LogP) is 7.19. The Hall–Kier alpha value is -3.77. The van der Waals surface area contributed by atoms with Gasteiger partial charge in [0.05, 0.1) is 10.6 Å². The van der Waals surface area contributed by atoms with Gasteiger partial charge in [-0.05, 0) is 58.2 Å². The molecule has 0 aliphatic carbocycles.